The Balaban J connectivity index is 1.87. The molecule has 4 N–H and O–H groups in total. The van der Waals surface area contributed by atoms with Crippen LogP contribution in [0.15, 0.2) is 24.3 Å². The molecule has 0 aliphatic heterocycles. The highest BCUT2D eigenvalue weighted by atomic mass is 16.2. The van der Waals surface area contributed by atoms with Gasteiger partial charge in [-0.05, 0) is 50.3 Å². The number of nitrogens with one attached hydrogen (secondary N) is 4. The summed E-state index contributed by atoms with van der Waals surface area (Å²) in [5.74, 6) is -0.118. The van der Waals surface area contributed by atoms with E-state index in [0.29, 0.717) is 12.2 Å². The van der Waals surface area contributed by atoms with Crippen LogP contribution in [0.1, 0.15) is 52.0 Å². The predicted molar refractivity (Wildman–Crippen MR) is 105 cm³/mol. The molecule has 148 valence electrons. The number of urea groups is 1. The van der Waals surface area contributed by atoms with Crippen LogP contribution in [-0.2, 0) is 16.1 Å². The average molecular weight is 374 g/mol. The maximum absolute atomic E-state index is 12.6. The van der Waals surface area contributed by atoms with E-state index in [1.165, 1.54) is 6.92 Å². The zero-order valence-electron chi connectivity index (χ0n) is 16.3. The van der Waals surface area contributed by atoms with Gasteiger partial charge in [-0.3, -0.25) is 9.59 Å². The molecule has 2 rings (SSSR count). The second kappa shape index (κ2) is 9.94. The zero-order valence-corrected chi connectivity index (χ0v) is 16.3. The van der Waals surface area contributed by atoms with Gasteiger partial charge in [-0.1, -0.05) is 25.0 Å². The fourth-order valence-corrected chi connectivity index (χ4v) is 3.34. The number of amides is 4. The van der Waals surface area contributed by atoms with Crippen LogP contribution in [0.5, 0.6) is 0 Å². The number of hydrogen-bond acceptors (Lipinski definition) is 3. The number of benzene rings is 1. The Morgan fingerprint density at radius 3 is 2.22 bits per heavy atom. The molecule has 1 fully saturated rings. The fraction of sp³-hybridized carbons (Fsp3) is 0.550. The monoisotopic (exact) mass is 374 g/mol. The molecule has 1 atom stereocenters. The Labute approximate surface area is 160 Å². The van der Waals surface area contributed by atoms with Gasteiger partial charge >= 0.3 is 6.03 Å². The number of rotatable bonds is 7. The largest absolute Gasteiger partial charge is 0.350 e. The zero-order chi connectivity index (χ0) is 19.8. The van der Waals surface area contributed by atoms with Crippen molar-refractivity contribution in [2.24, 2.45) is 5.92 Å². The third-order valence-corrected chi connectivity index (χ3v) is 4.61. The van der Waals surface area contributed by atoms with Crippen molar-refractivity contribution < 1.29 is 14.4 Å². The summed E-state index contributed by atoms with van der Waals surface area (Å²) in [6, 6.07) is 6.65. The summed E-state index contributed by atoms with van der Waals surface area (Å²) in [6.07, 6.45) is 4.15. The summed E-state index contributed by atoms with van der Waals surface area (Å²) >= 11 is 0. The Bertz CT molecular complexity index is 652. The lowest BCUT2D eigenvalue weighted by atomic mass is 9.97. The van der Waals surface area contributed by atoms with Crippen molar-refractivity contribution in [1.82, 2.24) is 16.0 Å². The standard InChI is InChI=1S/C20H30N4O3/c1-13(2)22-20(27)24-17-10-8-15(9-11-17)12-21-19(26)18(23-14(3)25)16-6-4-5-7-16/h8-11,13,16,18H,4-7,12H2,1-3H3,(H,21,26)(H,23,25)(H2,22,24,27). The van der Waals surface area contributed by atoms with Gasteiger partial charge in [0.2, 0.25) is 11.8 Å². The Hall–Kier alpha value is -2.57. The molecule has 0 saturated heterocycles. The van der Waals surface area contributed by atoms with Gasteiger partial charge in [0.1, 0.15) is 6.04 Å². The van der Waals surface area contributed by atoms with Crippen LogP contribution in [0.2, 0.25) is 0 Å². The summed E-state index contributed by atoms with van der Waals surface area (Å²) in [5, 5.41) is 11.2. The second-order valence-corrected chi connectivity index (χ2v) is 7.39. The average Bonchev–Trinajstić information content (AvgIpc) is 3.12. The van der Waals surface area contributed by atoms with Gasteiger partial charge < -0.3 is 21.3 Å². The summed E-state index contributed by atoms with van der Waals surface area (Å²) < 4.78 is 0. The fourth-order valence-electron chi connectivity index (χ4n) is 3.34. The molecule has 7 heteroatoms. The third kappa shape index (κ3) is 6.92. The van der Waals surface area contributed by atoms with E-state index in [4.69, 9.17) is 0 Å². The smallest absolute Gasteiger partial charge is 0.319 e. The molecular formula is C20H30N4O3. The number of hydrogen-bond donors (Lipinski definition) is 4. The van der Waals surface area contributed by atoms with Crippen molar-refractivity contribution in [3.8, 4) is 0 Å². The minimum absolute atomic E-state index is 0.0657. The summed E-state index contributed by atoms with van der Waals surface area (Å²) in [7, 11) is 0. The SMILES string of the molecule is CC(=O)NC(C(=O)NCc1ccc(NC(=O)NC(C)C)cc1)C1CCCC1. The van der Waals surface area contributed by atoms with Gasteiger partial charge in [-0.2, -0.15) is 0 Å². The number of carbonyl (C=O) groups excluding carboxylic acids is 3. The van der Waals surface area contributed by atoms with Crippen molar-refractivity contribution in [3.63, 3.8) is 0 Å². The van der Waals surface area contributed by atoms with E-state index >= 15 is 0 Å². The van der Waals surface area contributed by atoms with E-state index in [-0.39, 0.29) is 29.8 Å². The molecule has 1 aromatic carbocycles. The lowest BCUT2D eigenvalue weighted by Crippen LogP contribution is -2.49. The molecule has 7 nitrogen and oxygen atoms in total. The first-order valence-electron chi connectivity index (χ1n) is 9.56. The van der Waals surface area contributed by atoms with Gasteiger partial charge in [-0.25, -0.2) is 4.79 Å². The summed E-state index contributed by atoms with van der Waals surface area (Å²) in [4.78, 5) is 35.7. The van der Waals surface area contributed by atoms with Crippen LogP contribution in [0.4, 0.5) is 10.5 Å². The van der Waals surface area contributed by atoms with Crippen molar-refractivity contribution in [1.29, 1.82) is 0 Å². The second-order valence-electron chi connectivity index (χ2n) is 7.39. The summed E-state index contributed by atoms with van der Waals surface area (Å²) in [6.45, 7) is 5.60. The lowest BCUT2D eigenvalue weighted by Gasteiger charge is -2.23. The Morgan fingerprint density at radius 1 is 1.04 bits per heavy atom. The van der Waals surface area contributed by atoms with Crippen LogP contribution in [0, 0.1) is 5.92 Å². The van der Waals surface area contributed by atoms with E-state index in [9.17, 15) is 14.4 Å². The maximum Gasteiger partial charge on any atom is 0.319 e. The van der Waals surface area contributed by atoms with Gasteiger partial charge in [0.15, 0.2) is 0 Å². The van der Waals surface area contributed by atoms with Crippen LogP contribution >= 0.6 is 0 Å². The van der Waals surface area contributed by atoms with Gasteiger partial charge in [0.05, 0.1) is 0 Å². The van der Waals surface area contributed by atoms with Gasteiger partial charge in [0.25, 0.3) is 0 Å². The molecule has 0 spiro atoms. The van der Waals surface area contributed by atoms with Crippen molar-refractivity contribution in [2.45, 2.75) is 65.1 Å². The molecule has 0 heterocycles. The normalized spacial score (nSPS) is 15.3. The third-order valence-electron chi connectivity index (χ3n) is 4.61. The number of carbonyl (C=O) groups is 3. The predicted octanol–water partition coefficient (Wildman–Crippen LogP) is 2.53. The van der Waals surface area contributed by atoms with Gasteiger partial charge in [0, 0.05) is 25.2 Å². The molecule has 1 aromatic rings. The van der Waals surface area contributed by atoms with E-state index in [1.54, 1.807) is 12.1 Å². The van der Waals surface area contributed by atoms with Gasteiger partial charge in [-0.15, -0.1) is 0 Å². The van der Waals surface area contributed by atoms with Crippen molar-refractivity contribution >= 4 is 23.5 Å². The minimum atomic E-state index is -0.467. The first-order valence-corrected chi connectivity index (χ1v) is 9.56. The van der Waals surface area contributed by atoms with Crippen molar-refractivity contribution in [3.05, 3.63) is 29.8 Å². The van der Waals surface area contributed by atoms with E-state index < -0.39 is 6.04 Å². The highest BCUT2D eigenvalue weighted by molar-refractivity contribution is 5.89. The molecule has 0 radical (unpaired) electrons. The first kappa shape index (κ1) is 20.7. The molecule has 1 aliphatic carbocycles. The quantitative estimate of drug-likeness (QED) is 0.590. The minimum Gasteiger partial charge on any atom is -0.350 e. The maximum atomic E-state index is 12.6. The molecule has 27 heavy (non-hydrogen) atoms. The van der Waals surface area contributed by atoms with E-state index in [2.05, 4.69) is 21.3 Å². The molecule has 0 bridgehead atoms. The molecule has 1 aliphatic rings. The van der Waals surface area contributed by atoms with Crippen LogP contribution in [0.25, 0.3) is 0 Å². The molecule has 1 saturated carbocycles. The highest BCUT2D eigenvalue weighted by Gasteiger charge is 2.31. The first-order chi connectivity index (χ1) is 12.8. The van der Waals surface area contributed by atoms with Crippen LogP contribution in [-0.4, -0.2) is 29.9 Å². The Morgan fingerprint density at radius 2 is 1.67 bits per heavy atom. The van der Waals surface area contributed by atoms with Crippen LogP contribution < -0.4 is 21.3 Å². The molecule has 4 amide bonds. The highest BCUT2D eigenvalue weighted by Crippen LogP contribution is 2.28. The summed E-state index contributed by atoms with van der Waals surface area (Å²) in [5.41, 5.74) is 1.61. The molecule has 0 aromatic heterocycles. The van der Waals surface area contributed by atoms with Crippen molar-refractivity contribution in [2.75, 3.05) is 5.32 Å². The Kier molecular flexibility index (Phi) is 7.64. The van der Waals surface area contributed by atoms with E-state index in [0.717, 1.165) is 31.2 Å². The topological polar surface area (TPSA) is 99.3 Å². The number of anilines is 1. The van der Waals surface area contributed by atoms with Crippen LogP contribution in [0.3, 0.4) is 0 Å². The lowest BCUT2D eigenvalue weighted by molar-refractivity contribution is -0.129. The van der Waals surface area contributed by atoms with E-state index in [1.807, 2.05) is 26.0 Å². The molecule has 1 unspecified atom stereocenters. The molecular weight excluding hydrogens is 344 g/mol.